The molecule has 0 atom stereocenters. The molecule has 0 spiro atoms. The van der Waals surface area contributed by atoms with E-state index in [9.17, 15) is 9.59 Å². The highest BCUT2D eigenvalue weighted by atomic mass is 35.5. The molecule has 0 aliphatic rings. The second kappa shape index (κ2) is 8.18. The fourth-order valence-electron chi connectivity index (χ4n) is 2.16. The molecule has 0 aliphatic carbocycles. The predicted octanol–water partition coefficient (Wildman–Crippen LogP) is 4.91. The van der Waals surface area contributed by atoms with Gasteiger partial charge in [-0.15, -0.1) is 0 Å². The number of benzene rings is 2. The molecular formula is C18H17Cl2NO3. The Balaban J connectivity index is 1.99. The number of hydrogen-bond acceptors (Lipinski definition) is 3. The molecule has 0 bridgehead atoms. The number of carbonyl (C=O) groups excluding carboxylic acids is 2. The zero-order valence-electron chi connectivity index (χ0n) is 13.3. The van der Waals surface area contributed by atoms with Gasteiger partial charge in [-0.1, -0.05) is 55.2 Å². The van der Waals surface area contributed by atoms with E-state index in [0.29, 0.717) is 10.7 Å². The number of nitrogens with one attached hydrogen (secondary N) is 1. The molecule has 0 unspecified atom stereocenters. The lowest BCUT2D eigenvalue weighted by Gasteiger charge is -2.13. The average molecular weight is 366 g/mol. The quantitative estimate of drug-likeness (QED) is 0.765. The zero-order valence-corrected chi connectivity index (χ0v) is 14.8. The van der Waals surface area contributed by atoms with Crippen LogP contribution in [-0.2, 0) is 9.53 Å². The molecule has 0 radical (unpaired) electrons. The van der Waals surface area contributed by atoms with E-state index < -0.39 is 18.5 Å². The molecule has 6 heteroatoms. The Morgan fingerprint density at radius 3 is 2.54 bits per heavy atom. The van der Waals surface area contributed by atoms with Crippen LogP contribution in [0.3, 0.4) is 0 Å². The number of carbonyl (C=O) groups is 2. The first-order valence-electron chi connectivity index (χ1n) is 7.39. The van der Waals surface area contributed by atoms with Crippen molar-refractivity contribution in [1.29, 1.82) is 0 Å². The summed E-state index contributed by atoms with van der Waals surface area (Å²) in [5.41, 5.74) is 1.84. The Bertz CT molecular complexity index is 760. The first-order valence-corrected chi connectivity index (χ1v) is 8.15. The number of para-hydroxylation sites is 1. The molecule has 2 aromatic rings. The van der Waals surface area contributed by atoms with Gasteiger partial charge >= 0.3 is 5.97 Å². The van der Waals surface area contributed by atoms with Gasteiger partial charge in [0.1, 0.15) is 0 Å². The van der Waals surface area contributed by atoms with Crippen molar-refractivity contribution in [2.24, 2.45) is 0 Å². The van der Waals surface area contributed by atoms with E-state index >= 15 is 0 Å². The molecule has 0 aliphatic heterocycles. The van der Waals surface area contributed by atoms with Crippen molar-refractivity contribution in [3.05, 3.63) is 63.6 Å². The molecule has 126 valence electrons. The van der Waals surface area contributed by atoms with Gasteiger partial charge in [0, 0.05) is 10.7 Å². The highest BCUT2D eigenvalue weighted by Crippen LogP contribution is 2.24. The van der Waals surface area contributed by atoms with Gasteiger partial charge in [0.15, 0.2) is 6.61 Å². The molecule has 2 rings (SSSR count). The van der Waals surface area contributed by atoms with Crippen molar-refractivity contribution in [2.75, 3.05) is 11.9 Å². The number of halogens is 2. The molecule has 0 saturated heterocycles. The zero-order chi connectivity index (χ0) is 17.7. The Morgan fingerprint density at radius 2 is 1.83 bits per heavy atom. The lowest BCUT2D eigenvalue weighted by molar-refractivity contribution is -0.119. The smallest absolute Gasteiger partial charge is 0.340 e. The van der Waals surface area contributed by atoms with Crippen molar-refractivity contribution < 1.29 is 14.3 Å². The molecule has 1 amide bonds. The highest BCUT2D eigenvalue weighted by molar-refractivity contribution is 6.35. The van der Waals surface area contributed by atoms with Gasteiger partial charge in [0.05, 0.1) is 10.6 Å². The molecule has 0 heterocycles. The molecule has 0 saturated carbocycles. The van der Waals surface area contributed by atoms with Crippen molar-refractivity contribution in [3.8, 4) is 0 Å². The van der Waals surface area contributed by atoms with E-state index in [-0.39, 0.29) is 16.5 Å². The van der Waals surface area contributed by atoms with Crippen molar-refractivity contribution in [2.45, 2.75) is 19.8 Å². The average Bonchev–Trinajstić information content (AvgIpc) is 2.55. The predicted molar refractivity (Wildman–Crippen MR) is 95.9 cm³/mol. The summed E-state index contributed by atoms with van der Waals surface area (Å²) in [7, 11) is 0. The van der Waals surface area contributed by atoms with Crippen LogP contribution in [0, 0.1) is 0 Å². The third-order valence-electron chi connectivity index (χ3n) is 3.34. The fraction of sp³-hybridized carbons (Fsp3) is 0.222. The summed E-state index contributed by atoms with van der Waals surface area (Å²) in [6.07, 6.45) is 0. The highest BCUT2D eigenvalue weighted by Gasteiger charge is 2.15. The van der Waals surface area contributed by atoms with Crippen LogP contribution in [0.1, 0.15) is 35.7 Å². The Hall–Kier alpha value is -2.04. The van der Waals surface area contributed by atoms with Gasteiger partial charge in [-0.25, -0.2) is 4.79 Å². The summed E-state index contributed by atoms with van der Waals surface area (Å²) >= 11 is 11.8. The van der Waals surface area contributed by atoms with E-state index in [0.717, 1.165) is 5.56 Å². The van der Waals surface area contributed by atoms with Crippen LogP contribution in [0.25, 0.3) is 0 Å². The minimum absolute atomic E-state index is 0.125. The topological polar surface area (TPSA) is 55.4 Å². The molecule has 24 heavy (non-hydrogen) atoms. The molecule has 0 fully saturated rings. The molecule has 0 aromatic heterocycles. The number of ether oxygens (including phenoxy) is 1. The number of amides is 1. The van der Waals surface area contributed by atoms with E-state index in [2.05, 4.69) is 5.32 Å². The minimum atomic E-state index is -0.699. The van der Waals surface area contributed by atoms with Crippen LogP contribution in [0.5, 0.6) is 0 Å². The Kier molecular flexibility index (Phi) is 6.23. The van der Waals surface area contributed by atoms with Gasteiger partial charge in [0.25, 0.3) is 5.91 Å². The summed E-state index contributed by atoms with van der Waals surface area (Å²) in [6.45, 7) is 3.66. The monoisotopic (exact) mass is 365 g/mol. The lowest BCUT2D eigenvalue weighted by atomic mass is 10.0. The number of anilines is 1. The largest absolute Gasteiger partial charge is 0.452 e. The van der Waals surface area contributed by atoms with E-state index in [1.807, 2.05) is 38.1 Å². The van der Waals surface area contributed by atoms with Crippen LogP contribution in [0.4, 0.5) is 5.69 Å². The normalized spacial score (nSPS) is 10.5. The summed E-state index contributed by atoms with van der Waals surface area (Å²) in [4.78, 5) is 24.0. The standard InChI is InChI=1S/C18H17Cl2NO3/c1-11(2)13-5-3-4-6-16(13)21-17(22)10-24-18(23)14-9-12(19)7-8-15(14)20/h3-9,11H,10H2,1-2H3,(H,21,22). The van der Waals surface area contributed by atoms with Gasteiger partial charge in [-0.3, -0.25) is 4.79 Å². The molecule has 2 aromatic carbocycles. The Labute approximate surface area is 150 Å². The first kappa shape index (κ1) is 18.3. The summed E-state index contributed by atoms with van der Waals surface area (Å²) in [6, 6.07) is 12.0. The minimum Gasteiger partial charge on any atom is -0.452 e. The maximum absolute atomic E-state index is 12.0. The summed E-state index contributed by atoms with van der Waals surface area (Å²) < 4.78 is 5.00. The molecule has 1 N–H and O–H groups in total. The van der Waals surface area contributed by atoms with Gasteiger partial charge in [-0.05, 0) is 35.7 Å². The van der Waals surface area contributed by atoms with Crippen LogP contribution in [-0.4, -0.2) is 18.5 Å². The summed E-state index contributed by atoms with van der Waals surface area (Å²) in [5, 5.41) is 3.33. The third kappa shape index (κ3) is 4.73. The van der Waals surface area contributed by atoms with Gasteiger partial charge < -0.3 is 10.1 Å². The van der Waals surface area contributed by atoms with Crippen molar-refractivity contribution in [1.82, 2.24) is 0 Å². The van der Waals surface area contributed by atoms with Crippen molar-refractivity contribution >= 4 is 40.8 Å². The third-order valence-corrected chi connectivity index (χ3v) is 3.90. The SMILES string of the molecule is CC(C)c1ccccc1NC(=O)COC(=O)c1cc(Cl)ccc1Cl. The second-order valence-electron chi connectivity index (χ2n) is 5.49. The number of hydrogen-bond donors (Lipinski definition) is 1. The molecular weight excluding hydrogens is 349 g/mol. The van der Waals surface area contributed by atoms with Crippen LogP contribution < -0.4 is 5.32 Å². The summed E-state index contributed by atoms with van der Waals surface area (Å²) in [5.74, 6) is -0.862. The van der Waals surface area contributed by atoms with Crippen LogP contribution >= 0.6 is 23.2 Å². The maximum atomic E-state index is 12.0. The molecule has 4 nitrogen and oxygen atoms in total. The number of esters is 1. The second-order valence-corrected chi connectivity index (χ2v) is 6.33. The first-order chi connectivity index (χ1) is 11.4. The van der Waals surface area contributed by atoms with Crippen molar-refractivity contribution in [3.63, 3.8) is 0 Å². The van der Waals surface area contributed by atoms with Gasteiger partial charge in [0.2, 0.25) is 0 Å². The van der Waals surface area contributed by atoms with Gasteiger partial charge in [-0.2, -0.15) is 0 Å². The number of rotatable bonds is 5. The Morgan fingerprint density at radius 1 is 1.12 bits per heavy atom. The van der Waals surface area contributed by atoms with Crippen LogP contribution in [0.2, 0.25) is 10.0 Å². The van der Waals surface area contributed by atoms with E-state index in [4.69, 9.17) is 27.9 Å². The lowest BCUT2D eigenvalue weighted by Crippen LogP contribution is -2.21. The van der Waals surface area contributed by atoms with E-state index in [1.165, 1.54) is 12.1 Å². The van der Waals surface area contributed by atoms with Crippen LogP contribution in [0.15, 0.2) is 42.5 Å². The maximum Gasteiger partial charge on any atom is 0.340 e. The fourth-order valence-corrected chi connectivity index (χ4v) is 2.53. The van der Waals surface area contributed by atoms with E-state index in [1.54, 1.807) is 6.07 Å².